The van der Waals surface area contributed by atoms with Crippen molar-refractivity contribution in [1.82, 2.24) is 0 Å². The molecule has 3 nitrogen and oxygen atoms in total. The van der Waals surface area contributed by atoms with Gasteiger partial charge in [-0.3, -0.25) is 0 Å². The minimum Gasteiger partial charge on any atom is -0.332 e. The molecule has 0 saturated heterocycles. The summed E-state index contributed by atoms with van der Waals surface area (Å²) in [5.41, 5.74) is 0. The Morgan fingerprint density at radius 2 is 1.41 bits per heavy atom. The number of hydrogen-bond donors (Lipinski definition) is 0. The molecule has 0 heterocycles. The number of unbranched alkanes of at least 4 members (excludes halogenated alkanes) is 10. The van der Waals surface area contributed by atoms with Crippen LogP contribution in [-0.2, 0) is 4.84 Å². The first-order valence-electron chi connectivity index (χ1n) is 7.05. The van der Waals surface area contributed by atoms with Crippen molar-refractivity contribution in [2.24, 2.45) is 5.34 Å². The first-order chi connectivity index (χ1) is 8.41. The predicted molar refractivity (Wildman–Crippen MR) is 72.5 cm³/mol. The number of allylic oxidation sites excluding steroid dienone is 1. The van der Waals surface area contributed by atoms with E-state index in [0.29, 0.717) is 0 Å². The number of hydrogen-bond acceptors (Lipinski definition) is 3. The molecule has 17 heavy (non-hydrogen) atoms. The number of rotatable bonds is 13. The molecule has 100 valence electrons. The molecule has 0 saturated carbocycles. The fraction of sp³-hybridized carbons (Fsp3) is 0.857. The maximum Gasteiger partial charge on any atom is 0.160 e. The molecular weight excluding hydrogens is 214 g/mol. The Morgan fingerprint density at radius 1 is 0.882 bits per heavy atom. The second kappa shape index (κ2) is 15.1. The highest BCUT2D eigenvalue weighted by Crippen LogP contribution is 2.11. The van der Waals surface area contributed by atoms with Crippen molar-refractivity contribution < 1.29 is 4.84 Å². The van der Waals surface area contributed by atoms with Crippen molar-refractivity contribution in [1.29, 1.82) is 0 Å². The van der Waals surface area contributed by atoms with Crippen LogP contribution in [-0.4, -0.2) is 0 Å². The molecular formula is C14H27NO2. The Balaban J connectivity index is 2.96. The molecule has 0 N–H and O–H groups in total. The Bertz CT molecular complexity index is 181. The van der Waals surface area contributed by atoms with Crippen LogP contribution in [0.5, 0.6) is 0 Å². The van der Waals surface area contributed by atoms with Crippen LogP contribution in [0.4, 0.5) is 0 Å². The summed E-state index contributed by atoms with van der Waals surface area (Å²) in [5, 5.41) is 2.29. The zero-order chi connectivity index (χ0) is 12.6. The summed E-state index contributed by atoms with van der Waals surface area (Å²) in [6.45, 7) is 2.25. The highest BCUT2D eigenvalue weighted by Gasteiger charge is 1.91. The van der Waals surface area contributed by atoms with Gasteiger partial charge in [0, 0.05) is 0 Å². The quantitative estimate of drug-likeness (QED) is 0.184. The highest BCUT2D eigenvalue weighted by atomic mass is 16.7. The molecule has 0 atom stereocenters. The molecule has 0 rings (SSSR count). The van der Waals surface area contributed by atoms with Crippen LogP contribution < -0.4 is 0 Å². The molecule has 0 unspecified atom stereocenters. The summed E-state index contributed by atoms with van der Waals surface area (Å²) in [7, 11) is 0. The summed E-state index contributed by atoms with van der Waals surface area (Å²) in [6, 6.07) is 0. The van der Waals surface area contributed by atoms with Gasteiger partial charge in [0.15, 0.2) is 5.34 Å². The van der Waals surface area contributed by atoms with Gasteiger partial charge in [0.25, 0.3) is 0 Å². The summed E-state index contributed by atoms with van der Waals surface area (Å²) < 4.78 is 0. The predicted octanol–water partition coefficient (Wildman–Crippen LogP) is 5.51. The lowest BCUT2D eigenvalue weighted by atomic mass is 10.1. The lowest BCUT2D eigenvalue weighted by Crippen LogP contribution is -1.81. The Labute approximate surface area is 106 Å². The zero-order valence-electron chi connectivity index (χ0n) is 11.2. The molecule has 0 aromatic rings. The fourth-order valence-electron chi connectivity index (χ4n) is 1.89. The van der Waals surface area contributed by atoms with Crippen LogP contribution in [0.3, 0.4) is 0 Å². The summed E-state index contributed by atoms with van der Waals surface area (Å²) in [5.74, 6) is 0. The molecule has 0 aromatic heterocycles. The number of nitrogens with zero attached hydrogens (tertiary/aromatic N) is 1. The molecule has 0 bridgehead atoms. The lowest BCUT2D eigenvalue weighted by molar-refractivity contribution is 0.261. The molecule has 0 aliphatic carbocycles. The first-order valence-corrected chi connectivity index (χ1v) is 7.05. The lowest BCUT2D eigenvalue weighted by Gasteiger charge is -2.01. The molecule has 0 aromatic carbocycles. The Morgan fingerprint density at radius 3 is 1.94 bits per heavy atom. The summed E-state index contributed by atoms with van der Waals surface area (Å²) in [6.07, 6.45) is 17.7. The van der Waals surface area contributed by atoms with Gasteiger partial charge in [0.05, 0.1) is 0 Å². The normalized spacial score (nSPS) is 10.9. The van der Waals surface area contributed by atoms with Crippen molar-refractivity contribution in [2.75, 3.05) is 0 Å². The van der Waals surface area contributed by atoms with Gasteiger partial charge in [-0.25, -0.2) is 0 Å². The fourth-order valence-corrected chi connectivity index (χ4v) is 1.89. The minimum absolute atomic E-state index is 0.978. The van der Waals surface area contributed by atoms with Crippen LogP contribution in [0.2, 0.25) is 0 Å². The van der Waals surface area contributed by atoms with E-state index in [2.05, 4.69) is 17.1 Å². The third-order valence-electron chi connectivity index (χ3n) is 2.92. The Hall–Kier alpha value is -0.860. The van der Waals surface area contributed by atoms with Crippen molar-refractivity contribution in [3.8, 4) is 0 Å². The van der Waals surface area contributed by atoms with Gasteiger partial charge >= 0.3 is 0 Å². The standard InChI is InChI=1S/C14H27NO2/c1-2-3-4-5-6-7-8-9-10-11-12-13-14-17-15-16/h13-14H,2-12H2,1H3. The van der Waals surface area contributed by atoms with E-state index in [-0.39, 0.29) is 0 Å². The van der Waals surface area contributed by atoms with Crippen molar-refractivity contribution >= 4 is 0 Å². The zero-order valence-corrected chi connectivity index (χ0v) is 11.2. The molecule has 0 aliphatic heterocycles. The molecule has 3 heteroatoms. The van der Waals surface area contributed by atoms with E-state index in [1.54, 1.807) is 0 Å². The third kappa shape index (κ3) is 15.1. The average molecular weight is 241 g/mol. The maximum atomic E-state index is 9.58. The molecule has 0 fully saturated rings. The van der Waals surface area contributed by atoms with Gasteiger partial charge in [-0.2, -0.15) is 0 Å². The minimum atomic E-state index is 0.978. The van der Waals surface area contributed by atoms with Crippen LogP contribution >= 0.6 is 0 Å². The highest BCUT2D eigenvalue weighted by molar-refractivity contribution is 4.72. The van der Waals surface area contributed by atoms with E-state index < -0.39 is 0 Å². The van der Waals surface area contributed by atoms with Crippen LogP contribution in [0.25, 0.3) is 0 Å². The maximum absolute atomic E-state index is 9.58. The van der Waals surface area contributed by atoms with Crippen molar-refractivity contribution in [2.45, 2.75) is 77.6 Å². The first kappa shape index (κ1) is 16.1. The Kier molecular flexibility index (Phi) is 14.4. The second-order valence-corrected chi connectivity index (χ2v) is 4.52. The monoisotopic (exact) mass is 241 g/mol. The molecule has 0 aliphatic rings. The van der Waals surface area contributed by atoms with Gasteiger partial charge in [-0.05, 0) is 18.9 Å². The van der Waals surface area contributed by atoms with Crippen LogP contribution in [0.15, 0.2) is 17.7 Å². The van der Waals surface area contributed by atoms with E-state index in [1.165, 1.54) is 70.5 Å². The van der Waals surface area contributed by atoms with E-state index in [1.807, 2.05) is 6.08 Å². The largest absolute Gasteiger partial charge is 0.332 e. The van der Waals surface area contributed by atoms with Crippen LogP contribution in [0.1, 0.15) is 77.6 Å². The van der Waals surface area contributed by atoms with Gasteiger partial charge < -0.3 is 4.84 Å². The third-order valence-corrected chi connectivity index (χ3v) is 2.92. The SMILES string of the molecule is CCCCCCCCCCCCC=CON=O. The van der Waals surface area contributed by atoms with Crippen molar-refractivity contribution in [3.05, 3.63) is 17.2 Å². The van der Waals surface area contributed by atoms with E-state index >= 15 is 0 Å². The van der Waals surface area contributed by atoms with E-state index in [9.17, 15) is 4.91 Å². The second-order valence-electron chi connectivity index (χ2n) is 4.52. The summed E-state index contributed by atoms with van der Waals surface area (Å²) in [4.78, 5) is 13.8. The van der Waals surface area contributed by atoms with E-state index in [0.717, 1.165) is 6.42 Å². The smallest absolute Gasteiger partial charge is 0.160 e. The summed E-state index contributed by atoms with van der Waals surface area (Å²) >= 11 is 0. The van der Waals surface area contributed by atoms with Gasteiger partial charge in [0.1, 0.15) is 6.26 Å². The molecule has 0 radical (unpaired) electrons. The molecule has 0 spiro atoms. The topological polar surface area (TPSA) is 38.7 Å². The van der Waals surface area contributed by atoms with Gasteiger partial charge in [0.2, 0.25) is 0 Å². The van der Waals surface area contributed by atoms with E-state index in [4.69, 9.17) is 0 Å². The van der Waals surface area contributed by atoms with Crippen molar-refractivity contribution in [3.63, 3.8) is 0 Å². The molecule has 0 amide bonds. The van der Waals surface area contributed by atoms with Gasteiger partial charge in [-0.15, -0.1) is 4.91 Å². The van der Waals surface area contributed by atoms with Gasteiger partial charge in [-0.1, -0.05) is 64.7 Å². The average Bonchev–Trinajstić information content (AvgIpc) is 2.35. The van der Waals surface area contributed by atoms with Crippen LogP contribution in [0, 0.1) is 4.91 Å².